The molecule has 1 aromatic carbocycles. The molecule has 0 N–H and O–H groups in total. The Kier molecular flexibility index (Phi) is 3.12. The number of halogens is 3. The minimum atomic E-state index is -3.03. The molecule has 0 nitrogen and oxygen atoms in total. The smallest absolute Gasteiger partial charge is 0.205 e. The first-order valence-corrected chi connectivity index (χ1v) is 3.82. The summed E-state index contributed by atoms with van der Waals surface area (Å²) in [5, 5.41) is 0. The molecule has 0 bridgehead atoms. The fourth-order valence-electron chi connectivity index (χ4n) is 0.990. The van der Waals surface area contributed by atoms with Gasteiger partial charge in [-0.25, -0.2) is 13.2 Å². The topological polar surface area (TPSA) is 0 Å². The third kappa shape index (κ3) is 2.34. The fraction of sp³-hybridized carbons (Fsp3) is 0.200. The second kappa shape index (κ2) is 4.12. The van der Waals surface area contributed by atoms with Crippen molar-refractivity contribution in [2.75, 3.05) is 0 Å². The summed E-state index contributed by atoms with van der Waals surface area (Å²) in [6.45, 7) is 1.34. The number of allylic oxidation sites excluding steroid dienone is 2. The van der Waals surface area contributed by atoms with Gasteiger partial charge in [-0.3, -0.25) is 0 Å². The van der Waals surface area contributed by atoms with Crippen molar-refractivity contribution < 1.29 is 13.2 Å². The van der Waals surface area contributed by atoms with Gasteiger partial charge in [0.2, 0.25) is 0 Å². The van der Waals surface area contributed by atoms with E-state index in [0.717, 1.165) is 0 Å². The number of hydrogen-bond donors (Lipinski definition) is 0. The highest BCUT2D eigenvalue weighted by atomic mass is 19.3. The molecule has 13 heavy (non-hydrogen) atoms. The summed E-state index contributed by atoms with van der Waals surface area (Å²) < 4.78 is 36.6. The summed E-state index contributed by atoms with van der Waals surface area (Å²) in [7, 11) is 0. The molecule has 1 aromatic rings. The van der Waals surface area contributed by atoms with Gasteiger partial charge in [-0.2, -0.15) is 0 Å². The van der Waals surface area contributed by atoms with Crippen LogP contribution in [0.2, 0.25) is 0 Å². The molecule has 0 aliphatic carbocycles. The Morgan fingerprint density at radius 2 is 1.69 bits per heavy atom. The van der Waals surface area contributed by atoms with Gasteiger partial charge in [-0.05, 0) is 18.1 Å². The molecule has 0 amide bonds. The summed E-state index contributed by atoms with van der Waals surface area (Å²) >= 11 is 0. The van der Waals surface area contributed by atoms with E-state index in [2.05, 4.69) is 0 Å². The molecule has 0 atom stereocenters. The predicted molar refractivity (Wildman–Crippen MR) is 46.1 cm³/mol. The predicted octanol–water partition coefficient (Wildman–Crippen LogP) is 3.65. The quantitative estimate of drug-likeness (QED) is 0.661. The summed E-state index contributed by atoms with van der Waals surface area (Å²) in [5.41, 5.74) is 0.482. The Morgan fingerprint density at radius 3 is 2.15 bits per heavy atom. The molecule has 0 spiro atoms. The van der Waals surface area contributed by atoms with Crippen LogP contribution in [0.4, 0.5) is 13.2 Å². The minimum Gasteiger partial charge on any atom is -0.205 e. The average Bonchev–Trinajstić information content (AvgIpc) is 2.17. The minimum absolute atomic E-state index is 0.00407. The van der Waals surface area contributed by atoms with E-state index < -0.39 is 12.3 Å². The van der Waals surface area contributed by atoms with Crippen LogP contribution >= 0.6 is 0 Å². The summed E-state index contributed by atoms with van der Waals surface area (Å²) in [5.74, 6) is -1.36. The Hall–Kier alpha value is -1.25. The zero-order chi connectivity index (χ0) is 9.84. The number of rotatable bonds is 2. The van der Waals surface area contributed by atoms with Crippen LogP contribution < -0.4 is 0 Å². The van der Waals surface area contributed by atoms with Gasteiger partial charge in [0.1, 0.15) is 0 Å². The van der Waals surface area contributed by atoms with Crippen LogP contribution in [0, 0.1) is 0 Å². The van der Waals surface area contributed by atoms with E-state index in [1.54, 1.807) is 30.3 Å². The van der Waals surface area contributed by atoms with E-state index in [4.69, 9.17) is 0 Å². The normalized spacial score (nSPS) is 13.0. The van der Waals surface area contributed by atoms with Crippen LogP contribution in [0.15, 0.2) is 36.2 Å². The third-order valence-corrected chi connectivity index (χ3v) is 1.76. The first-order valence-electron chi connectivity index (χ1n) is 3.82. The third-order valence-electron chi connectivity index (χ3n) is 1.76. The number of hydrogen-bond acceptors (Lipinski definition) is 0. The van der Waals surface area contributed by atoms with Crippen LogP contribution in [0.3, 0.4) is 0 Å². The Morgan fingerprint density at radius 1 is 1.15 bits per heavy atom. The van der Waals surface area contributed by atoms with Crippen molar-refractivity contribution >= 4 is 5.57 Å². The Balaban J connectivity index is 3.03. The van der Waals surface area contributed by atoms with E-state index >= 15 is 0 Å². The molecule has 0 unspecified atom stereocenters. The van der Waals surface area contributed by atoms with E-state index in [0.29, 0.717) is 5.56 Å². The van der Waals surface area contributed by atoms with Crippen molar-refractivity contribution in [2.45, 2.75) is 13.3 Å². The highest BCUT2D eigenvalue weighted by Crippen LogP contribution is 2.23. The molecule has 0 fully saturated rings. The Labute approximate surface area is 74.7 Å². The van der Waals surface area contributed by atoms with E-state index in [1.807, 2.05) is 0 Å². The molecule has 0 saturated carbocycles. The maximum Gasteiger partial charge on any atom is 0.289 e. The van der Waals surface area contributed by atoms with Crippen molar-refractivity contribution in [1.29, 1.82) is 0 Å². The van der Waals surface area contributed by atoms with Crippen LogP contribution in [-0.4, -0.2) is 6.43 Å². The molecule has 0 aromatic heterocycles. The standard InChI is InChI=1S/C10H9F3/c1-7(9(11)10(12)13)8-5-3-2-4-6-8/h2-6,10H,1H3/b9-7-. The summed E-state index contributed by atoms with van der Waals surface area (Å²) in [6.07, 6.45) is -3.03. The second-order valence-electron chi connectivity index (χ2n) is 2.64. The molecule has 3 heteroatoms. The van der Waals surface area contributed by atoms with Crippen LogP contribution in [0.5, 0.6) is 0 Å². The Bertz CT molecular complexity index is 301. The van der Waals surface area contributed by atoms with Crippen molar-refractivity contribution in [3.63, 3.8) is 0 Å². The highest BCUT2D eigenvalue weighted by Gasteiger charge is 2.14. The van der Waals surface area contributed by atoms with Crippen LogP contribution in [0.25, 0.3) is 5.57 Å². The van der Waals surface area contributed by atoms with Crippen molar-refractivity contribution in [3.8, 4) is 0 Å². The van der Waals surface area contributed by atoms with E-state index in [-0.39, 0.29) is 5.57 Å². The summed E-state index contributed by atoms with van der Waals surface area (Å²) in [4.78, 5) is 0. The van der Waals surface area contributed by atoms with Crippen LogP contribution in [-0.2, 0) is 0 Å². The fourth-order valence-corrected chi connectivity index (χ4v) is 0.990. The zero-order valence-corrected chi connectivity index (χ0v) is 7.10. The SMILES string of the molecule is C/C(=C(/F)C(F)F)c1ccccc1. The van der Waals surface area contributed by atoms with Gasteiger partial charge >= 0.3 is 0 Å². The molecule has 1 rings (SSSR count). The number of benzene rings is 1. The molecule has 0 aliphatic rings. The van der Waals surface area contributed by atoms with Crippen molar-refractivity contribution in [3.05, 3.63) is 41.7 Å². The lowest BCUT2D eigenvalue weighted by Gasteiger charge is -2.03. The maximum atomic E-state index is 12.7. The first-order chi connectivity index (χ1) is 6.13. The van der Waals surface area contributed by atoms with Gasteiger partial charge in [-0.15, -0.1) is 0 Å². The molecular formula is C10H9F3. The largest absolute Gasteiger partial charge is 0.289 e. The molecule has 0 aliphatic heterocycles. The van der Waals surface area contributed by atoms with E-state index in [9.17, 15) is 13.2 Å². The first kappa shape index (κ1) is 9.84. The zero-order valence-electron chi connectivity index (χ0n) is 7.10. The summed E-state index contributed by atoms with van der Waals surface area (Å²) in [6, 6.07) is 8.29. The lowest BCUT2D eigenvalue weighted by atomic mass is 10.1. The van der Waals surface area contributed by atoms with E-state index in [1.165, 1.54) is 6.92 Å². The van der Waals surface area contributed by atoms with Gasteiger partial charge in [0, 0.05) is 0 Å². The van der Waals surface area contributed by atoms with Gasteiger partial charge in [-0.1, -0.05) is 30.3 Å². The monoisotopic (exact) mass is 186 g/mol. The van der Waals surface area contributed by atoms with Crippen molar-refractivity contribution in [1.82, 2.24) is 0 Å². The lowest BCUT2D eigenvalue weighted by molar-refractivity contribution is 0.160. The molecule has 0 heterocycles. The van der Waals surface area contributed by atoms with Gasteiger partial charge in [0.25, 0.3) is 6.43 Å². The second-order valence-corrected chi connectivity index (χ2v) is 2.64. The van der Waals surface area contributed by atoms with Gasteiger partial charge in [0.15, 0.2) is 5.83 Å². The van der Waals surface area contributed by atoms with Crippen LogP contribution in [0.1, 0.15) is 12.5 Å². The average molecular weight is 186 g/mol. The molecule has 0 radical (unpaired) electrons. The van der Waals surface area contributed by atoms with Crippen molar-refractivity contribution in [2.24, 2.45) is 0 Å². The molecule has 70 valence electrons. The molecular weight excluding hydrogens is 177 g/mol. The van der Waals surface area contributed by atoms with Gasteiger partial charge in [0.05, 0.1) is 0 Å². The molecule has 0 saturated heterocycles. The highest BCUT2D eigenvalue weighted by molar-refractivity contribution is 5.65. The van der Waals surface area contributed by atoms with Gasteiger partial charge < -0.3 is 0 Å². The lowest BCUT2D eigenvalue weighted by Crippen LogP contribution is -1.94. The maximum absolute atomic E-state index is 12.7. The number of alkyl halides is 2.